The Kier molecular flexibility index (Phi) is 5.91. The second kappa shape index (κ2) is 6.65. The third kappa shape index (κ3) is 4.63. The molecular weight excluding hydrogens is 204 g/mol. The molecule has 0 aliphatic carbocycles. The van der Waals surface area contributed by atoms with E-state index < -0.39 is 11.6 Å². The molecule has 0 heterocycles. The maximum atomic E-state index is 10.7. The Morgan fingerprint density at radius 2 is 2.12 bits per heavy atom. The van der Waals surface area contributed by atoms with Crippen LogP contribution in [0.4, 0.5) is 0 Å². The Hall–Kier alpha value is -1.79. The zero-order valence-electron chi connectivity index (χ0n) is 9.87. The molecule has 0 aromatic rings. The molecule has 0 fully saturated rings. The maximum Gasteiger partial charge on any atom is 0.339 e. The average Bonchev–Trinajstić information content (AvgIpc) is 2.23. The number of rotatable bonds is 5. The molecule has 0 rings (SSSR count). The van der Waals surface area contributed by atoms with Gasteiger partial charge in [-0.15, -0.1) is 5.92 Å². The summed E-state index contributed by atoms with van der Waals surface area (Å²) >= 11 is 0. The van der Waals surface area contributed by atoms with Gasteiger partial charge in [-0.2, -0.15) is 4.89 Å². The van der Waals surface area contributed by atoms with Crippen molar-refractivity contribution in [1.82, 2.24) is 0 Å². The van der Waals surface area contributed by atoms with E-state index in [2.05, 4.69) is 29.9 Å². The Labute approximate surface area is 96.4 Å². The first-order chi connectivity index (χ1) is 7.46. The third-order valence-electron chi connectivity index (χ3n) is 1.74. The normalized spacial score (nSPS) is 13.4. The third-order valence-corrected chi connectivity index (χ3v) is 1.74. The van der Waals surface area contributed by atoms with Crippen molar-refractivity contribution in [1.29, 1.82) is 0 Å². The van der Waals surface area contributed by atoms with Crippen LogP contribution in [-0.2, 0) is 14.6 Å². The molecule has 0 saturated carbocycles. The highest BCUT2D eigenvalue weighted by molar-refractivity contribution is 5.65. The van der Waals surface area contributed by atoms with E-state index in [0.717, 1.165) is 0 Å². The molecule has 1 unspecified atom stereocenters. The molecule has 3 heteroatoms. The van der Waals surface area contributed by atoms with E-state index in [-0.39, 0.29) is 0 Å². The quantitative estimate of drug-likeness (QED) is 0.309. The smallest absolute Gasteiger partial charge is 0.297 e. The first-order valence-corrected chi connectivity index (χ1v) is 4.75. The Morgan fingerprint density at radius 3 is 2.56 bits per heavy atom. The minimum Gasteiger partial charge on any atom is -0.297 e. The molecule has 0 N–H and O–H groups in total. The fraction of sp³-hybridized carbons (Fsp3) is 0.308. The average molecular weight is 220 g/mol. The van der Waals surface area contributed by atoms with Gasteiger partial charge in [-0.1, -0.05) is 37.3 Å². The molecule has 16 heavy (non-hydrogen) atoms. The van der Waals surface area contributed by atoms with Crippen LogP contribution in [-0.4, -0.2) is 11.6 Å². The molecule has 0 aromatic carbocycles. The van der Waals surface area contributed by atoms with Crippen molar-refractivity contribution in [3.63, 3.8) is 0 Å². The van der Waals surface area contributed by atoms with Crippen LogP contribution in [0.15, 0.2) is 37.0 Å². The largest absolute Gasteiger partial charge is 0.339 e. The van der Waals surface area contributed by atoms with Crippen molar-refractivity contribution in [3.8, 4) is 11.8 Å². The summed E-state index contributed by atoms with van der Waals surface area (Å²) < 4.78 is 0. The first-order valence-electron chi connectivity index (χ1n) is 4.75. The highest BCUT2D eigenvalue weighted by atomic mass is 17.2. The van der Waals surface area contributed by atoms with Crippen LogP contribution in [0.5, 0.6) is 0 Å². The summed E-state index contributed by atoms with van der Waals surface area (Å²) in [6, 6.07) is 0. The van der Waals surface area contributed by atoms with Crippen molar-refractivity contribution in [2.75, 3.05) is 0 Å². The van der Waals surface area contributed by atoms with E-state index >= 15 is 0 Å². The molecule has 0 radical (unpaired) electrons. The predicted octanol–water partition coefficient (Wildman–Crippen LogP) is 2.56. The number of carbonyl (C=O) groups is 1. The SMILES string of the molecule is C=C/C=C\C(=C)C(C)(C#CC)OOC(C)=O. The van der Waals surface area contributed by atoms with Gasteiger partial charge in [0.25, 0.3) is 0 Å². The van der Waals surface area contributed by atoms with Crippen molar-refractivity contribution in [2.45, 2.75) is 26.4 Å². The van der Waals surface area contributed by atoms with Crippen LogP contribution in [0, 0.1) is 11.8 Å². The lowest BCUT2D eigenvalue weighted by Gasteiger charge is -2.22. The van der Waals surface area contributed by atoms with Crippen LogP contribution < -0.4 is 0 Å². The van der Waals surface area contributed by atoms with Gasteiger partial charge < -0.3 is 0 Å². The lowest BCUT2D eigenvalue weighted by Crippen LogP contribution is -2.29. The molecule has 0 amide bonds. The second-order valence-corrected chi connectivity index (χ2v) is 3.19. The van der Waals surface area contributed by atoms with Gasteiger partial charge in [0.2, 0.25) is 0 Å². The fourth-order valence-electron chi connectivity index (χ4n) is 0.878. The van der Waals surface area contributed by atoms with Gasteiger partial charge in [-0.05, 0) is 19.4 Å². The van der Waals surface area contributed by atoms with E-state index in [4.69, 9.17) is 4.89 Å². The molecule has 0 bridgehead atoms. The van der Waals surface area contributed by atoms with E-state index in [1.807, 2.05) is 0 Å². The lowest BCUT2D eigenvalue weighted by molar-refractivity contribution is -0.303. The Balaban J connectivity index is 4.85. The van der Waals surface area contributed by atoms with Gasteiger partial charge in [0, 0.05) is 6.92 Å². The standard InChI is InChI=1S/C13H16O3/c1-6-8-9-11(3)13(5,10-7-2)16-15-12(4)14/h6,8-9H,1,3H2,2,4-5H3/b9-8-. The molecule has 0 saturated heterocycles. The highest BCUT2D eigenvalue weighted by Crippen LogP contribution is 2.21. The Morgan fingerprint density at radius 1 is 1.50 bits per heavy atom. The van der Waals surface area contributed by atoms with Gasteiger partial charge >= 0.3 is 5.97 Å². The van der Waals surface area contributed by atoms with E-state index in [1.165, 1.54) is 6.92 Å². The van der Waals surface area contributed by atoms with Crippen molar-refractivity contribution < 1.29 is 14.6 Å². The van der Waals surface area contributed by atoms with Crippen LogP contribution in [0.3, 0.4) is 0 Å². The molecule has 0 aromatic heterocycles. The molecule has 86 valence electrons. The minimum atomic E-state index is -1.04. The van der Waals surface area contributed by atoms with Crippen molar-refractivity contribution >= 4 is 5.97 Å². The molecule has 0 aliphatic heterocycles. The Bertz CT molecular complexity index is 368. The van der Waals surface area contributed by atoms with Crippen LogP contribution in [0.2, 0.25) is 0 Å². The van der Waals surface area contributed by atoms with Gasteiger partial charge in [0.05, 0.1) is 0 Å². The lowest BCUT2D eigenvalue weighted by atomic mass is 9.97. The minimum absolute atomic E-state index is 0.537. The van der Waals surface area contributed by atoms with Crippen LogP contribution >= 0.6 is 0 Å². The summed E-state index contributed by atoms with van der Waals surface area (Å²) in [6.07, 6.45) is 5.01. The number of hydrogen-bond donors (Lipinski definition) is 0. The van der Waals surface area contributed by atoms with Gasteiger partial charge in [0.1, 0.15) is 0 Å². The number of hydrogen-bond acceptors (Lipinski definition) is 3. The van der Waals surface area contributed by atoms with Gasteiger partial charge in [0.15, 0.2) is 5.60 Å². The highest BCUT2D eigenvalue weighted by Gasteiger charge is 2.27. The monoisotopic (exact) mass is 220 g/mol. The summed E-state index contributed by atoms with van der Waals surface area (Å²) in [5.41, 5.74) is -0.470. The zero-order valence-corrected chi connectivity index (χ0v) is 9.87. The number of carbonyl (C=O) groups excluding carboxylic acids is 1. The summed E-state index contributed by atoms with van der Waals surface area (Å²) in [6.45, 7) is 11.9. The predicted molar refractivity (Wildman–Crippen MR) is 63.2 cm³/mol. The topological polar surface area (TPSA) is 35.5 Å². The van der Waals surface area contributed by atoms with E-state index in [0.29, 0.717) is 5.57 Å². The summed E-state index contributed by atoms with van der Waals surface area (Å²) in [5, 5.41) is 0. The molecular formula is C13H16O3. The summed E-state index contributed by atoms with van der Waals surface area (Å²) in [5.74, 6) is 4.95. The zero-order chi connectivity index (χ0) is 12.6. The second-order valence-electron chi connectivity index (χ2n) is 3.19. The van der Waals surface area contributed by atoms with Gasteiger partial charge in [-0.3, -0.25) is 4.89 Å². The van der Waals surface area contributed by atoms with Crippen molar-refractivity contribution in [3.05, 3.63) is 37.0 Å². The van der Waals surface area contributed by atoms with E-state index in [9.17, 15) is 4.79 Å². The molecule has 0 aliphatic rings. The molecule has 3 nitrogen and oxygen atoms in total. The summed E-state index contributed by atoms with van der Waals surface area (Å²) in [7, 11) is 0. The van der Waals surface area contributed by atoms with Crippen LogP contribution in [0.25, 0.3) is 0 Å². The fourth-order valence-corrected chi connectivity index (χ4v) is 0.878. The summed E-state index contributed by atoms with van der Waals surface area (Å²) in [4.78, 5) is 20.2. The molecule has 0 spiro atoms. The van der Waals surface area contributed by atoms with Gasteiger partial charge in [-0.25, -0.2) is 4.79 Å². The molecule has 1 atom stereocenters. The maximum absolute atomic E-state index is 10.7. The number of allylic oxidation sites excluding steroid dienone is 2. The van der Waals surface area contributed by atoms with Crippen molar-refractivity contribution in [2.24, 2.45) is 0 Å². The first kappa shape index (κ1) is 14.2. The van der Waals surface area contributed by atoms with E-state index in [1.54, 1.807) is 32.1 Å². The van der Waals surface area contributed by atoms with Crippen LogP contribution in [0.1, 0.15) is 20.8 Å².